The van der Waals surface area contributed by atoms with Gasteiger partial charge in [0.05, 0.1) is 49.7 Å². The number of ether oxygens (including phenoxy) is 2. The average molecular weight is 879 g/mol. The van der Waals surface area contributed by atoms with Crippen molar-refractivity contribution >= 4 is 45.8 Å². The van der Waals surface area contributed by atoms with Crippen molar-refractivity contribution in [3.63, 3.8) is 0 Å². The van der Waals surface area contributed by atoms with Crippen LogP contribution in [-0.4, -0.2) is 87.1 Å². The van der Waals surface area contributed by atoms with Crippen LogP contribution in [0.5, 0.6) is 0 Å². The second-order valence-corrected chi connectivity index (χ2v) is 16.9. The number of benzene rings is 4. The maximum absolute atomic E-state index is 14.2. The second-order valence-electron chi connectivity index (χ2n) is 16.9. The minimum atomic E-state index is -0.939. The van der Waals surface area contributed by atoms with Crippen molar-refractivity contribution in [1.82, 2.24) is 40.4 Å². The fourth-order valence-electron chi connectivity index (χ4n) is 8.04. The molecule has 3 atom stereocenters. The van der Waals surface area contributed by atoms with E-state index in [1.54, 1.807) is 16.0 Å². The number of aromatic nitrogens is 4. The third-order valence-electron chi connectivity index (χ3n) is 11.7. The van der Waals surface area contributed by atoms with Crippen LogP contribution < -0.4 is 10.6 Å². The maximum atomic E-state index is 14.2. The zero-order valence-corrected chi connectivity index (χ0v) is 38.2. The Kier molecular flexibility index (Phi) is 14.5. The number of carbonyl (C=O) groups excluding carboxylic acids is 4. The molecule has 4 amide bonds. The Labute approximate surface area is 379 Å². The molecule has 2 aromatic heterocycles. The number of imidazole rings is 2. The Hall–Kier alpha value is -7.14. The van der Waals surface area contributed by atoms with Crippen molar-refractivity contribution in [3.8, 4) is 34.2 Å². The molecule has 1 fully saturated rings. The largest absolute Gasteiger partial charge is 0.453 e. The van der Waals surface area contributed by atoms with E-state index in [0.717, 1.165) is 69.0 Å². The summed E-state index contributed by atoms with van der Waals surface area (Å²) in [5.41, 5.74) is 6.93. The summed E-state index contributed by atoms with van der Waals surface area (Å²) in [7, 11) is 2.56. The lowest BCUT2D eigenvalue weighted by atomic mass is 9.94. The molecule has 0 saturated heterocycles. The quantitative estimate of drug-likeness (QED) is 0.0697. The minimum Gasteiger partial charge on any atom is -0.453 e. The predicted molar refractivity (Wildman–Crippen MR) is 251 cm³/mol. The van der Waals surface area contributed by atoms with Gasteiger partial charge < -0.3 is 39.9 Å². The summed E-state index contributed by atoms with van der Waals surface area (Å²) in [5.74, 6) is 8.02. The van der Waals surface area contributed by atoms with Crippen LogP contribution >= 0.6 is 0 Å². The molecule has 6 aromatic rings. The van der Waals surface area contributed by atoms with Gasteiger partial charge in [0.25, 0.3) is 5.91 Å². The highest BCUT2D eigenvalue weighted by Crippen LogP contribution is 2.34. The number of fused-ring (bicyclic) bond motifs is 3. The van der Waals surface area contributed by atoms with Gasteiger partial charge in [-0.2, -0.15) is 0 Å². The number of carbonyl (C=O) groups is 4. The highest BCUT2D eigenvalue weighted by atomic mass is 16.5. The number of alkyl carbamates (subject to hydrolysis) is 2. The van der Waals surface area contributed by atoms with Crippen LogP contribution in [-0.2, 0) is 25.6 Å². The molecule has 0 spiro atoms. The van der Waals surface area contributed by atoms with E-state index in [-0.39, 0.29) is 24.3 Å². The number of aromatic amines is 2. The molecule has 338 valence electrons. The maximum Gasteiger partial charge on any atom is 0.407 e. The highest BCUT2D eigenvalue weighted by molar-refractivity contribution is 6.05. The van der Waals surface area contributed by atoms with E-state index in [1.165, 1.54) is 14.2 Å². The number of nitrogens with one attached hydrogen (secondary N) is 4. The SMILES string of the molecule is CCCN(Cc1nc2c(ccc3cc(-c4ccc(-c5cnc(C(C)N(CCC)C(=O)C(NC(=O)OC)c6ccccc6)[nH]5)cc4C#CC4CC4)ccc32)[nH]1)C(=O)C(NC(=O)OC)C(C)C. The van der Waals surface area contributed by atoms with Gasteiger partial charge in [-0.05, 0) is 78.8 Å². The van der Waals surface area contributed by atoms with Gasteiger partial charge in [-0.1, -0.05) is 100 Å². The van der Waals surface area contributed by atoms with Crippen molar-refractivity contribution in [3.05, 3.63) is 108 Å². The van der Waals surface area contributed by atoms with Gasteiger partial charge in [-0.3, -0.25) is 9.59 Å². The lowest BCUT2D eigenvalue weighted by Crippen LogP contribution is -2.51. The second kappa shape index (κ2) is 20.6. The topological polar surface area (TPSA) is 175 Å². The number of methoxy groups -OCH3 is 2. The van der Waals surface area contributed by atoms with Crippen LogP contribution in [0, 0.1) is 23.7 Å². The molecule has 0 bridgehead atoms. The Morgan fingerprint density at radius 3 is 2.25 bits per heavy atom. The summed E-state index contributed by atoms with van der Waals surface area (Å²) in [6.07, 6.45) is 4.09. The molecule has 1 aliphatic carbocycles. The first kappa shape index (κ1) is 45.9. The van der Waals surface area contributed by atoms with Crippen molar-refractivity contribution in [2.24, 2.45) is 11.8 Å². The minimum absolute atomic E-state index is 0.141. The zero-order valence-electron chi connectivity index (χ0n) is 38.2. The summed E-state index contributed by atoms with van der Waals surface area (Å²) in [5, 5.41) is 7.41. The molecule has 0 aliphatic heterocycles. The Bertz CT molecular complexity index is 2730. The van der Waals surface area contributed by atoms with Crippen LogP contribution in [0.25, 0.3) is 44.2 Å². The third kappa shape index (κ3) is 10.6. The normalized spacial score (nSPS) is 13.7. The summed E-state index contributed by atoms with van der Waals surface area (Å²) in [6, 6.07) is 23.7. The molecule has 1 aliphatic rings. The zero-order chi connectivity index (χ0) is 46.2. The van der Waals surface area contributed by atoms with Crippen molar-refractivity contribution in [2.45, 2.75) is 85.0 Å². The third-order valence-corrected chi connectivity index (χ3v) is 11.7. The summed E-state index contributed by atoms with van der Waals surface area (Å²) < 4.78 is 9.67. The van der Waals surface area contributed by atoms with Gasteiger partial charge >= 0.3 is 12.2 Å². The van der Waals surface area contributed by atoms with E-state index < -0.39 is 30.3 Å². The van der Waals surface area contributed by atoms with Crippen LogP contribution in [0.15, 0.2) is 85.1 Å². The van der Waals surface area contributed by atoms with Crippen molar-refractivity contribution < 1.29 is 28.7 Å². The summed E-state index contributed by atoms with van der Waals surface area (Å²) >= 11 is 0. The molecule has 1 saturated carbocycles. The van der Waals surface area contributed by atoms with E-state index in [0.29, 0.717) is 42.6 Å². The lowest BCUT2D eigenvalue weighted by Gasteiger charge is -2.31. The Morgan fingerprint density at radius 2 is 1.55 bits per heavy atom. The Morgan fingerprint density at radius 1 is 0.831 bits per heavy atom. The predicted octanol–water partition coefficient (Wildman–Crippen LogP) is 9.05. The molecule has 14 heteroatoms. The van der Waals surface area contributed by atoms with Crippen LogP contribution in [0.4, 0.5) is 9.59 Å². The van der Waals surface area contributed by atoms with E-state index >= 15 is 0 Å². The van der Waals surface area contributed by atoms with Crippen LogP contribution in [0.3, 0.4) is 0 Å². The fourth-order valence-corrected chi connectivity index (χ4v) is 8.04. The van der Waals surface area contributed by atoms with Crippen molar-refractivity contribution in [2.75, 3.05) is 27.3 Å². The molecule has 4 aromatic carbocycles. The molecular weight excluding hydrogens is 821 g/mol. The molecule has 3 unspecified atom stereocenters. The average Bonchev–Trinajstić information content (AvgIpc) is 3.85. The smallest absolute Gasteiger partial charge is 0.407 e. The summed E-state index contributed by atoms with van der Waals surface area (Å²) in [6.45, 7) is 10.9. The molecule has 14 nitrogen and oxygen atoms in total. The highest BCUT2D eigenvalue weighted by Gasteiger charge is 2.33. The molecule has 0 radical (unpaired) electrons. The monoisotopic (exact) mass is 878 g/mol. The van der Waals surface area contributed by atoms with Gasteiger partial charge in [0.1, 0.15) is 23.7 Å². The molecule has 65 heavy (non-hydrogen) atoms. The number of amides is 4. The lowest BCUT2D eigenvalue weighted by molar-refractivity contribution is -0.136. The van der Waals surface area contributed by atoms with Gasteiger partial charge in [-0.15, -0.1) is 0 Å². The standard InChI is InChI=1S/C51H58N8O6/c1-8-25-58(48(60)44(31(3)4)56-50(62)64-6)30-43-53-41-24-21-37-27-36(19-23-40(37)46(41)55-43)39-22-20-38(28-35(39)18-17-33-15-16-33)42-29-52-47(54-42)32(5)59(26-9-2)49(61)45(57-51(63)65-7)34-13-11-10-12-14-34/h10-14,19-24,27-29,31-33,44-45H,8-9,15-16,25-26,30H2,1-7H3,(H,52,54)(H,53,55)(H,56,62)(H,57,63). The first-order valence-corrected chi connectivity index (χ1v) is 22.4. The number of hydrogen-bond donors (Lipinski definition) is 4. The summed E-state index contributed by atoms with van der Waals surface area (Å²) in [4.78, 5) is 72.5. The van der Waals surface area contributed by atoms with E-state index in [1.807, 2.05) is 71.0 Å². The number of rotatable bonds is 16. The molecule has 7 rings (SSSR count). The fraction of sp³-hybridized carbons (Fsp3) is 0.373. The van der Waals surface area contributed by atoms with Gasteiger partial charge in [0.2, 0.25) is 5.91 Å². The number of hydrogen-bond acceptors (Lipinski definition) is 8. The number of H-pyrrole nitrogens is 2. The first-order chi connectivity index (χ1) is 31.4. The molecule has 4 N–H and O–H groups in total. The van der Waals surface area contributed by atoms with E-state index in [4.69, 9.17) is 19.4 Å². The van der Waals surface area contributed by atoms with Crippen molar-refractivity contribution in [1.29, 1.82) is 0 Å². The molecule has 2 heterocycles. The number of nitrogens with zero attached hydrogens (tertiary/aromatic N) is 4. The Balaban J connectivity index is 1.15. The first-order valence-electron chi connectivity index (χ1n) is 22.4. The van der Waals surface area contributed by atoms with Gasteiger partial charge in [0, 0.05) is 35.5 Å². The van der Waals surface area contributed by atoms with E-state index in [2.05, 4.69) is 74.9 Å². The van der Waals surface area contributed by atoms with Gasteiger partial charge in [-0.25, -0.2) is 19.6 Å². The van der Waals surface area contributed by atoms with Crippen LogP contribution in [0.2, 0.25) is 0 Å². The van der Waals surface area contributed by atoms with E-state index in [9.17, 15) is 19.2 Å². The molecular formula is C51H58N8O6. The van der Waals surface area contributed by atoms with Gasteiger partial charge in [0.15, 0.2) is 0 Å². The van der Waals surface area contributed by atoms with Crippen LogP contribution in [0.1, 0.15) is 95.2 Å².